The van der Waals surface area contributed by atoms with Crippen LogP contribution in [0.5, 0.6) is 11.5 Å². The molecule has 0 aliphatic carbocycles. The van der Waals surface area contributed by atoms with E-state index in [1.165, 1.54) is 12.1 Å². The van der Waals surface area contributed by atoms with E-state index in [9.17, 15) is 19.2 Å². The molecule has 0 aliphatic rings. The first-order valence-electron chi connectivity index (χ1n) is 14.5. The zero-order valence-corrected chi connectivity index (χ0v) is 25.3. The van der Waals surface area contributed by atoms with Crippen molar-refractivity contribution in [3.05, 3.63) is 23.8 Å². The minimum Gasteiger partial charge on any atom is -0.459 e. The van der Waals surface area contributed by atoms with Gasteiger partial charge in [-0.1, -0.05) is 59.4 Å². The summed E-state index contributed by atoms with van der Waals surface area (Å²) in [4.78, 5) is 49.1. The molecule has 0 aliphatic heterocycles. The SMILES string of the molecule is CCCCCOC(=O)Oc1ccc(C[C@H](N)C(=O)O[C@@H](C)[C@H](C)OC(=O)C(C)CC)cc1OC(=O)OCCCCC. The highest BCUT2D eigenvalue weighted by atomic mass is 16.7. The van der Waals surface area contributed by atoms with Gasteiger partial charge in [-0.15, -0.1) is 0 Å². The van der Waals surface area contributed by atoms with E-state index in [1.807, 2.05) is 20.8 Å². The van der Waals surface area contributed by atoms with E-state index >= 15 is 0 Å². The maximum atomic E-state index is 12.7. The van der Waals surface area contributed by atoms with Crippen LogP contribution in [0.1, 0.15) is 92.1 Å². The van der Waals surface area contributed by atoms with Crippen LogP contribution in [-0.2, 0) is 35.0 Å². The Morgan fingerprint density at radius 2 is 1.24 bits per heavy atom. The predicted molar refractivity (Wildman–Crippen MR) is 152 cm³/mol. The molecule has 41 heavy (non-hydrogen) atoms. The molecule has 0 aromatic heterocycles. The van der Waals surface area contributed by atoms with Crippen molar-refractivity contribution in [3.63, 3.8) is 0 Å². The molecular weight excluding hydrogens is 534 g/mol. The van der Waals surface area contributed by atoms with Gasteiger partial charge < -0.3 is 34.2 Å². The van der Waals surface area contributed by atoms with E-state index in [-0.39, 0.29) is 43.0 Å². The van der Waals surface area contributed by atoms with E-state index in [1.54, 1.807) is 26.8 Å². The molecule has 0 fully saturated rings. The van der Waals surface area contributed by atoms with Crippen LogP contribution in [0.3, 0.4) is 0 Å². The van der Waals surface area contributed by atoms with E-state index in [0.717, 1.165) is 25.7 Å². The molecule has 1 unspecified atom stereocenters. The number of rotatable bonds is 18. The van der Waals surface area contributed by atoms with Crippen LogP contribution in [0.4, 0.5) is 9.59 Å². The highest BCUT2D eigenvalue weighted by molar-refractivity contribution is 5.76. The molecule has 0 amide bonds. The number of hydrogen-bond acceptors (Lipinski definition) is 11. The number of hydrogen-bond donors (Lipinski definition) is 1. The molecule has 4 atom stereocenters. The Kier molecular flexibility index (Phi) is 17.1. The number of nitrogens with two attached hydrogens (primary N) is 1. The zero-order valence-electron chi connectivity index (χ0n) is 25.3. The van der Waals surface area contributed by atoms with Crippen molar-refractivity contribution in [1.82, 2.24) is 0 Å². The standard InChI is InChI=1S/C30H47NO10/c1-7-10-12-16-36-29(34)40-25-15-14-23(19-26(25)41-30(35)37-17-13-11-8-2)18-24(31)28(33)39-22(6)21(5)38-27(32)20(4)9-3/h14-15,19-22,24H,7-13,16-18,31H2,1-6H3/t20?,21-,22-,24-/m0/s1. The second kappa shape index (κ2) is 19.7. The van der Waals surface area contributed by atoms with E-state index in [2.05, 4.69) is 0 Å². The lowest BCUT2D eigenvalue weighted by molar-refractivity contribution is -0.168. The van der Waals surface area contributed by atoms with Gasteiger partial charge in [-0.3, -0.25) is 9.59 Å². The van der Waals surface area contributed by atoms with Crippen LogP contribution in [-0.4, -0.2) is 55.7 Å². The molecule has 2 N–H and O–H groups in total. The summed E-state index contributed by atoms with van der Waals surface area (Å²) in [5, 5.41) is 0. The summed E-state index contributed by atoms with van der Waals surface area (Å²) in [6.45, 7) is 11.3. The monoisotopic (exact) mass is 581 g/mol. The predicted octanol–water partition coefficient (Wildman–Crippen LogP) is 5.88. The first-order valence-corrected chi connectivity index (χ1v) is 14.5. The van der Waals surface area contributed by atoms with Crippen molar-refractivity contribution in [2.24, 2.45) is 11.7 Å². The number of benzene rings is 1. The maximum Gasteiger partial charge on any atom is 0.513 e. The van der Waals surface area contributed by atoms with Crippen molar-refractivity contribution in [1.29, 1.82) is 0 Å². The highest BCUT2D eigenvalue weighted by Gasteiger charge is 2.26. The van der Waals surface area contributed by atoms with E-state index in [4.69, 9.17) is 34.2 Å². The van der Waals surface area contributed by atoms with Gasteiger partial charge in [-0.25, -0.2) is 9.59 Å². The minimum absolute atomic E-state index is 0.0241. The van der Waals surface area contributed by atoms with Gasteiger partial charge >= 0.3 is 24.2 Å². The van der Waals surface area contributed by atoms with Crippen LogP contribution >= 0.6 is 0 Å². The van der Waals surface area contributed by atoms with Crippen LogP contribution < -0.4 is 15.2 Å². The molecule has 0 saturated carbocycles. The second-order valence-electron chi connectivity index (χ2n) is 10.0. The van der Waals surface area contributed by atoms with Gasteiger partial charge in [0.2, 0.25) is 0 Å². The molecule has 0 spiro atoms. The van der Waals surface area contributed by atoms with Gasteiger partial charge in [0.15, 0.2) is 11.5 Å². The fraction of sp³-hybridized carbons (Fsp3) is 0.667. The van der Waals surface area contributed by atoms with Crippen LogP contribution in [0.15, 0.2) is 18.2 Å². The largest absolute Gasteiger partial charge is 0.513 e. The summed E-state index contributed by atoms with van der Waals surface area (Å²) in [6.07, 6.45) is 2.50. The lowest BCUT2D eigenvalue weighted by Crippen LogP contribution is -2.40. The first kappa shape index (κ1) is 35.7. The van der Waals surface area contributed by atoms with Gasteiger partial charge in [0.25, 0.3) is 0 Å². The summed E-state index contributed by atoms with van der Waals surface area (Å²) in [5.74, 6) is -1.47. The third-order valence-electron chi connectivity index (χ3n) is 6.37. The molecule has 0 bridgehead atoms. The smallest absolute Gasteiger partial charge is 0.459 e. The lowest BCUT2D eigenvalue weighted by atomic mass is 10.1. The fourth-order valence-electron chi connectivity index (χ4n) is 3.36. The summed E-state index contributed by atoms with van der Waals surface area (Å²) in [5.41, 5.74) is 6.60. The Labute approximate surface area is 243 Å². The Morgan fingerprint density at radius 1 is 0.732 bits per heavy atom. The van der Waals surface area contributed by atoms with Gasteiger partial charge in [-0.2, -0.15) is 0 Å². The van der Waals surface area contributed by atoms with Crippen molar-refractivity contribution < 1.29 is 47.6 Å². The molecular formula is C30H47NO10. The van der Waals surface area contributed by atoms with Gasteiger partial charge in [-0.05, 0) is 57.2 Å². The molecule has 1 rings (SSSR count). The second-order valence-corrected chi connectivity index (χ2v) is 10.0. The maximum absolute atomic E-state index is 12.7. The topological polar surface area (TPSA) is 150 Å². The highest BCUT2D eigenvalue weighted by Crippen LogP contribution is 2.30. The van der Waals surface area contributed by atoms with E-state index in [0.29, 0.717) is 24.8 Å². The van der Waals surface area contributed by atoms with Crippen molar-refractivity contribution in [3.8, 4) is 11.5 Å². The molecule has 11 heteroatoms. The van der Waals surface area contributed by atoms with Crippen molar-refractivity contribution in [2.45, 2.75) is 111 Å². The van der Waals surface area contributed by atoms with Crippen molar-refractivity contribution in [2.75, 3.05) is 13.2 Å². The van der Waals surface area contributed by atoms with Crippen molar-refractivity contribution >= 4 is 24.2 Å². The molecule has 0 heterocycles. The quantitative estimate of drug-likeness (QED) is 0.0958. The number of ether oxygens (including phenoxy) is 6. The molecule has 1 aromatic rings. The van der Waals surface area contributed by atoms with Crippen LogP contribution in [0.2, 0.25) is 0 Å². The minimum atomic E-state index is -1.07. The number of unbranched alkanes of at least 4 members (excludes halogenated alkanes) is 4. The van der Waals surface area contributed by atoms with Crippen LogP contribution in [0.25, 0.3) is 0 Å². The third-order valence-corrected chi connectivity index (χ3v) is 6.37. The molecule has 1 aromatic carbocycles. The Balaban J connectivity index is 2.89. The Morgan fingerprint density at radius 3 is 1.76 bits per heavy atom. The Hall–Kier alpha value is -3.34. The van der Waals surface area contributed by atoms with Gasteiger partial charge in [0, 0.05) is 0 Å². The summed E-state index contributed by atoms with van der Waals surface area (Å²) < 4.78 is 31.5. The summed E-state index contributed by atoms with van der Waals surface area (Å²) in [7, 11) is 0. The first-order chi connectivity index (χ1) is 19.5. The van der Waals surface area contributed by atoms with E-state index < -0.39 is 36.5 Å². The molecule has 11 nitrogen and oxygen atoms in total. The molecule has 0 radical (unpaired) electrons. The lowest BCUT2D eigenvalue weighted by Gasteiger charge is -2.23. The summed E-state index contributed by atoms with van der Waals surface area (Å²) >= 11 is 0. The third kappa shape index (κ3) is 14.2. The summed E-state index contributed by atoms with van der Waals surface area (Å²) in [6, 6.07) is 3.35. The average molecular weight is 582 g/mol. The fourth-order valence-corrected chi connectivity index (χ4v) is 3.36. The van der Waals surface area contributed by atoms with Crippen LogP contribution in [0, 0.1) is 5.92 Å². The Bertz CT molecular complexity index is 967. The molecule has 232 valence electrons. The normalized spacial score (nSPS) is 13.7. The number of carbonyl (C=O) groups is 4. The number of carbonyl (C=O) groups excluding carboxylic acids is 4. The molecule has 0 saturated heterocycles. The number of esters is 2. The average Bonchev–Trinajstić information content (AvgIpc) is 2.94. The van der Waals surface area contributed by atoms with Gasteiger partial charge in [0.1, 0.15) is 18.2 Å². The van der Waals surface area contributed by atoms with Gasteiger partial charge in [0.05, 0.1) is 19.1 Å². The zero-order chi connectivity index (χ0) is 30.8.